The number of alkyl halides is 3. The lowest BCUT2D eigenvalue weighted by Crippen LogP contribution is -2.51. The van der Waals surface area contributed by atoms with Gasteiger partial charge in [0.2, 0.25) is 0 Å². The normalized spacial score (nSPS) is 14.0. The van der Waals surface area contributed by atoms with Crippen molar-refractivity contribution in [3.05, 3.63) is 64.2 Å². The van der Waals surface area contributed by atoms with E-state index in [1.165, 1.54) is 12.1 Å². The van der Waals surface area contributed by atoms with Crippen LogP contribution in [0.5, 0.6) is 5.75 Å². The number of hydrogen-bond donors (Lipinski definition) is 3. The summed E-state index contributed by atoms with van der Waals surface area (Å²) >= 11 is 6.72. The van der Waals surface area contributed by atoms with Gasteiger partial charge >= 0.3 is 12.1 Å². The summed E-state index contributed by atoms with van der Waals surface area (Å²) < 4.78 is 46.8. The second kappa shape index (κ2) is 13.3. The molecule has 2 aromatic rings. The van der Waals surface area contributed by atoms with E-state index >= 15 is 0 Å². The number of amidine groups is 1. The molecule has 2 aromatic carbocycles. The third-order valence-electron chi connectivity index (χ3n) is 6.05. The Labute approximate surface area is 233 Å². The Morgan fingerprint density at radius 2 is 1.90 bits per heavy atom. The second-order valence-electron chi connectivity index (χ2n) is 8.88. The lowest BCUT2D eigenvalue weighted by molar-refractivity contribution is -0.148. The molecule has 0 aliphatic carbocycles. The molecule has 1 amide bonds. The van der Waals surface area contributed by atoms with Crippen LogP contribution >= 0.6 is 23.4 Å². The Morgan fingerprint density at radius 3 is 2.51 bits per heavy atom. The third kappa shape index (κ3) is 7.96. The molecular formula is C26H28ClF3N4O4S. The van der Waals surface area contributed by atoms with Crippen LogP contribution in [0.4, 0.5) is 13.2 Å². The van der Waals surface area contributed by atoms with Crippen molar-refractivity contribution >= 4 is 45.5 Å². The summed E-state index contributed by atoms with van der Waals surface area (Å²) in [5.74, 6) is -2.32. The van der Waals surface area contributed by atoms with Gasteiger partial charge in [0.15, 0.2) is 5.17 Å². The number of carboxylic acid groups (broad SMARTS) is 1. The quantitative estimate of drug-likeness (QED) is 0.244. The molecule has 1 aliphatic rings. The van der Waals surface area contributed by atoms with E-state index in [0.717, 1.165) is 23.5 Å². The minimum atomic E-state index is -4.76. The molecule has 0 unspecified atom stereocenters. The monoisotopic (exact) mass is 584 g/mol. The summed E-state index contributed by atoms with van der Waals surface area (Å²) in [7, 11) is 0. The van der Waals surface area contributed by atoms with E-state index < -0.39 is 35.3 Å². The van der Waals surface area contributed by atoms with Crippen molar-refractivity contribution < 1.29 is 32.6 Å². The van der Waals surface area contributed by atoms with Crippen molar-refractivity contribution in [2.75, 3.05) is 32.8 Å². The van der Waals surface area contributed by atoms with E-state index in [4.69, 9.17) is 32.3 Å². The molecule has 0 bridgehead atoms. The summed E-state index contributed by atoms with van der Waals surface area (Å²) in [4.78, 5) is 26.9. The number of carboxylic acids is 1. The number of benzene rings is 2. The first-order valence-electron chi connectivity index (χ1n) is 12.1. The number of hydrogen-bond acceptors (Lipinski definition) is 7. The summed E-state index contributed by atoms with van der Waals surface area (Å²) in [6.07, 6.45) is -3.46. The smallest absolute Gasteiger partial charge is 0.419 e. The van der Waals surface area contributed by atoms with Crippen LogP contribution in [0.2, 0.25) is 5.02 Å². The molecule has 0 aromatic heterocycles. The van der Waals surface area contributed by atoms with E-state index in [0.29, 0.717) is 31.3 Å². The van der Waals surface area contributed by atoms with Gasteiger partial charge in [0.25, 0.3) is 5.91 Å². The number of rotatable bonds is 10. The Bertz CT molecular complexity index is 1240. The Balaban J connectivity index is 1.71. The van der Waals surface area contributed by atoms with Gasteiger partial charge in [-0.2, -0.15) is 13.2 Å². The fraction of sp³-hybridized carbons (Fsp3) is 0.385. The summed E-state index contributed by atoms with van der Waals surface area (Å²) in [6.45, 7) is 2.94. The maximum Gasteiger partial charge on any atom is 0.419 e. The summed E-state index contributed by atoms with van der Waals surface area (Å²) in [5.41, 5.74) is -0.972. The van der Waals surface area contributed by atoms with Crippen LogP contribution in [0.15, 0.2) is 42.5 Å². The topological polar surface area (TPSA) is 118 Å². The largest absolute Gasteiger partial charge is 0.492 e. The molecule has 1 aliphatic heterocycles. The zero-order chi connectivity index (χ0) is 28.7. The highest BCUT2D eigenvalue weighted by atomic mass is 35.5. The fourth-order valence-electron chi connectivity index (χ4n) is 3.81. The van der Waals surface area contributed by atoms with Gasteiger partial charge in [-0.15, -0.1) is 0 Å². The van der Waals surface area contributed by atoms with E-state index in [1.54, 1.807) is 23.1 Å². The summed E-state index contributed by atoms with van der Waals surface area (Å²) in [5, 5.41) is 25.3. The van der Waals surface area contributed by atoms with Gasteiger partial charge in [-0.25, -0.2) is 0 Å². The predicted octanol–water partition coefficient (Wildman–Crippen LogP) is 5.69. The minimum absolute atomic E-state index is 0.0673. The molecule has 0 atom stereocenters. The van der Waals surface area contributed by atoms with Crippen LogP contribution in [-0.4, -0.2) is 69.8 Å². The Kier molecular flexibility index (Phi) is 10.4. The number of thioether (sulfide) groups is 1. The number of amides is 1. The molecule has 1 heterocycles. The maximum atomic E-state index is 13.8. The lowest BCUT2D eigenvalue weighted by atomic mass is 10.0. The van der Waals surface area contributed by atoms with Crippen molar-refractivity contribution in [1.29, 1.82) is 10.8 Å². The Hall–Kier alpha value is -3.09. The molecule has 39 heavy (non-hydrogen) atoms. The van der Waals surface area contributed by atoms with Gasteiger partial charge in [0.05, 0.1) is 22.1 Å². The van der Waals surface area contributed by atoms with E-state index in [9.17, 15) is 22.8 Å². The highest BCUT2D eigenvalue weighted by Gasteiger charge is 2.36. The number of carbonyl (C=O) groups excluding carboxylic acids is 1. The number of halogens is 4. The molecule has 210 valence electrons. The van der Waals surface area contributed by atoms with Crippen molar-refractivity contribution in [3.8, 4) is 5.75 Å². The number of likely N-dealkylation sites (tertiary alicyclic amines) is 1. The highest BCUT2D eigenvalue weighted by Crippen LogP contribution is 2.37. The predicted molar refractivity (Wildman–Crippen MR) is 144 cm³/mol. The van der Waals surface area contributed by atoms with Crippen molar-refractivity contribution in [1.82, 2.24) is 9.80 Å². The van der Waals surface area contributed by atoms with Crippen LogP contribution in [0, 0.1) is 16.7 Å². The summed E-state index contributed by atoms with van der Waals surface area (Å²) in [6, 6.07) is 9.57. The van der Waals surface area contributed by atoms with Gasteiger partial charge in [0, 0.05) is 31.7 Å². The van der Waals surface area contributed by atoms with Crippen LogP contribution in [-0.2, 0) is 11.0 Å². The molecule has 0 radical (unpaired) electrons. The fourth-order valence-corrected chi connectivity index (χ4v) is 4.75. The SMILES string of the molecule is CCCCN(C(=N)SC(=N)c1ccc(OCCN2CC(C(=O)O)C2)c(C(F)(F)F)c1)C(=O)c1ccccc1Cl. The first-order chi connectivity index (χ1) is 18.4. The molecule has 3 N–H and O–H groups in total. The van der Waals surface area contributed by atoms with Crippen LogP contribution in [0.3, 0.4) is 0 Å². The van der Waals surface area contributed by atoms with Crippen LogP contribution < -0.4 is 4.74 Å². The van der Waals surface area contributed by atoms with E-state index in [-0.39, 0.29) is 46.1 Å². The van der Waals surface area contributed by atoms with Gasteiger partial charge < -0.3 is 9.84 Å². The molecule has 1 saturated heterocycles. The zero-order valence-electron chi connectivity index (χ0n) is 21.1. The van der Waals surface area contributed by atoms with Gasteiger partial charge in [-0.05, 0) is 48.5 Å². The van der Waals surface area contributed by atoms with E-state index in [2.05, 4.69) is 0 Å². The second-order valence-corrected chi connectivity index (χ2v) is 10.3. The zero-order valence-corrected chi connectivity index (χ0v) is 22.6. The molecule has 1 fully saturated rings. The molecule has 0 spiro atoms. The Morgan fingerprint density at radius 1 is 1.21 bits per heavy atom. The lowest BCUT2D eigenvalue weighted by Gasteiger charge is -2.36. The number of nitrogens with zero attached hydrogens (tertiary/aromatic N) is 2. The number of nitrogens with one attached hydrogen (secondary N) is 2. The van der Waals surface area contributed by atoms with Crippen molar-refractivity contribution in [3.63, 3.8) is 0 Å². The first-order valence-corrected chi connectivity index (χ1v) is 13.3. The third-order valence-corrected chi connectivity index (χ3v) is 7.23. The molecule has 8 nitrogen and oxygen atoms in total. The van der Waals surface area contributed by atoms with Gasteiger partial charge in [-0.3, -0.25) is 30.2 Å². The molecule has 0 saturated carbocycles. The first kappa shape index (κ1) is 30.5. The number of carbonyl (C=O) groups is 2. The highest BCUT2D eigenvalue weighted by molar-refractivity contribution is 8.26. The van der Waals surface area contributed by atoms with E-state index in [1.807, 2.05) is 6.92 Å². The van der Waals surface area contributed by atoms with Crippen LogP contribution in [0.25, 0.3) is 0 Å². The number of aliphatic carboxylic acids is 1. The van der Waals surface area contributed by atoms with Crippen molar-refractivity contribution in [2.24, 2.45) is 5.92 Å². The molecular weight excluding hydrogens is 557 g/mol. The van der Waals surface area contributed by atoms with Crippen molar-refractivity contribution in [2.45, 2.75) is 25.9 Å². The molecule has 13 heteroatoms. The number of ether oxygens (including phenoxy) is 1. The number of unbranched alkanes of at least 4 members (excludes halogenated alkanes) is 1. The van der Waals surface area contributed by atoms with Gasteiger partial charge in [0.1, 0.15) is 17.4 Å². The standard InChI is InChI=1S/C26H28ClF3N4O4S/c1-2-3-10-34(23(35)18-6-4-5-7-20(18)27)25(32)39-22(31)16-8-9-21(19(13-16)26(28,29)30)38-12-11-33-14-17(15-33)24(36)37/h4-9,13,17,31-32H,2-3,10-12,14-15H2,1H3,(H,36,37). The van der Waals surface area contributed by atoms with Crippen LogP contribution in [0.1, 0.15) is 41.3 Å². The average molecular weight is 585 g/mol. The van der Waals surface area contributed by atoms with Gasteiger partial charge in [-0.1, -0.05) is 37.1 Å². The minimum Gasteiger partial charge on any atom is -0.492 e. The average Bonchev–Trinajstić information content (AvgIpc) is 2.84. The maximum absolute atomic E-state index is 13.8. The molecule has 3 rings (SSSR count).